The van der Waals surface area contributed by atoms with E-state index in [9.17, 15) is 13.3 Å². The molecule has 0 unspecified atom stereocenters. The zero-order valence-electron chi connectivity index (χ0n) is 28.1. The van der Waals surface area contributed by atoms with Gasteiger partial charge in [0.2, 0.25) is 0 Å². The summed E-state index contributed by atoms with van der Waals surface area (Å²) >= 11 is -7.25. The Morgan fingerprint density at radius 3 is 0.487 bits per heavy atom. The summed E-state index contributed by atoms with van der Waals surface area (Å²) in [7, 11) is 0. The summed E-state index contributed by atoms with van der Waals surface area (Å²) in [6.07, 6.45) is 22.1. The fraction of sp³-hybridized carbons (Fsp3) is 1.00. The summed E-state index contributed by atoms with van der Waals surface area (Å²) in [5.74, 6) is 0. The fourth-order valence-corrected chi connectivity index (χ4v) is 5.29. The zero-order chi connectivity index (χ0) is 30.5. The molecular weight excluding hydrogens is 554 g/mol. The van der Waals surface area contributed by atoms with E-state index in [-0.39, 0.29) is 0 Å². The van der Waals surface area contributed by atoms with E-state index in [0.717, 1.165) is 0 Å². The third-order valence-electron chi connectivity index (χ3n) is 7.89. The van der Waals surface area contributed by atoms with Gasteiger partial charge in [-0.05, 0) is 51.4 Å². The Bertz CT molecular complexity index is 359. The first-order valence-electron chi connectivity index (χ1n) is 17.3. The van der Waals surface area contributed by atoms with Gasteiger partial charge in [0.25, 0.3) is 0 Å². The topological polar surface area (TPSA) is 0 Å². The van der Waals surface area contributed by atoms with E-state index >= 15 is 0 Å². The van der Waals surface area contributed by atoms with E-state index in [1.54, 1.807) is 0 Å². The van der Waals surface area contributed by atoms with Crippen LogP contribution in [-0.4, -0.2) is 61.3 Å². The summed E-state index contributed by atoms with van der Waals surface area (Å²) in [6, 6.07) is 0. The molecule has 0 fully saturated rings. The van der Waals surface area contributed by atoms with Gasteiger partial charge in [-0.25, -0.2) is 0 Å². The number of nitrogens with zero attached hydrogens (tertiary/aromatic N) is 2. The quantitative estimate of drug-likeness (QED) is 0.0568. The molecule has 0 heterocycles. The van der Waals surface area contributed by atoms with Crippen LogP contribution in [-0.2, 0) is 16.8 Å². The predicted molar refractivity (Wildman–Crippen MR) is 163 cm³/mol. The summed E-state index contributed by atoms with van der Waals surface area (Å²) in [5.41, 5.74) is 0. The van der Waals surface area contributed by atoms with Crippen LogP contribution in [0.15, 0.2) is 0 Å². The van der Waals surface area contributed by atoms with Gasteiger partial charge in [-0.3, -0.25) is 0 Å². The van der Waals surface area contributed by atoms with Crippen molar-refractivity contribution in [2.45, 2.75) is 158 Å². The van der Waals surface area contributed by atoms with Gasteiger partial charge in [-0.15, -0.1) is 0 Å². The van der Waals surface area contributed by atoms with Crippen LogP contribution in [0.4, 0.5) is 13.3 Å². The molecule has 0 amide bonds. The minimum atomic E-state index is -7.25. The second kappa shape index (κ2) is 29.7. The molecule has 0 saturated heterocycles. The van der Waals surface area contributed by atoms with Gasteiger partial charge in [-0.2, -0.15) is 0 Å². The van der Waals surface area contributed by atoms with Gasteiger partial charge in [0, 0.05) is 0 Å². The van der Waals surface area contributed by atoms with Gasteiger partial charge in [0.05, 0.1) is 52.4 Å². The summed E-state index contributed by atoms with van der Waals surface area (Å²) in [4.78, 5) is 0. The maximum absolute atomic E-state index is 9.91. The van der Waals surface area contributed by atoms with Crippen molar-refractivity contribution in [1.82, 2.24) is 0 Å². The molecule has 0 bridgehead atoms. The molecule has 0 aliphatic carbocycles. The van der Waals surface area contributed by atoms with Gasteiger partial charge in [0.1, 0.15) is 0 Å². The first-order valence-corrected chi connectivity index (χ1v) is 21.7. The Labute approximate surface area is 249 Å². The molecule has 0 aliphatic rings. The third kappa shape index (κ3) is 31.0. The Balaban J connectivity index is -0.000000566. The number of halogens is 4. The number of unbranched alkanes of at least 4 members (excludes halogenated alkanes) is 8. The average molecular weight is 626 g/mol. The van der Waals surface area contributed by atoms with Gasteiger partial charge < -0.3 is 8.97 Å². The minimum absolute atomic E-state index is 1.35. The summed E-state index contributed by atoms with van der Waals surface area (Å²) in [6.45, 7) is 30.0. The van der Waals surface area contributed by atoms with Crippen LogP contribution < -0.4 is 0 Å². The van der Waals surface area contributed by atoms with Gasteiger partial charge in [-0.1, -0.05) is 107 Å². The normalized spacial score (nSPS) is 12.0. The maximum atomic E-state index is 9.91. The van der Waals surface area contributed by atoms with Crippen LogP contribution in [0.1, 0.15) is 158 Å². The molecule has 39 heavy (non-hydrogen) atoms. The standard InChI is InChI=1S/2C16H36N.4FH.Zn/c2*1-5-9-13-17(14-10-6-2,15-11-7-3)16-12-8-4;;;;;/h2*5-16H2,1-4H3;4*1H;/q2*+1;;;;;+2/p-4. The Hall–Kier alpha value is 0.263. The zero-order valence-corrected chi connectivity index (χ0v) is 31.1. The van der Waals surface area contributed by atoms with Crippen molar-refractivity contribution in [2.75, 3.05) is 52.4 Å². The van der Waals surface area contributed by atoms with Crippen molar-refractivity contribution in [2.24, 2.45) is 0 Å². The van der Waals surface area contributed by atoms with Crippen LogP contribution in [0.2, 0.25) is 0 Å². The second-order valence-electron chi connectivity index (χ2n) is 11.9. The molecule has 0 aromatic carbocycles. The Morgan fingerprint density at radius 2 is 0.410 bits per heavy atom. The van der Waals surface area contributed by atoms with Crippen molar-refractivity contribution in [3.05, 3.63) is 0 Å². The molecule has 0 atom stereocenters. The molecular formula is C32H72F4N2Zn. The molecule has 0 aromatic rings. The summed E-state index contributed by atoms with van der Waals surface area (Å²) < 4.78 is 42.5. The molecule has 0 radical (unpaired) electrons. The first kappa shape index (κ1) is 43.7. The Morgan fingerprint density at radius 1 is 0.308 bits per heavy atom. The van der Waals surface area contributed by atoms with E-state index in [4.69, 9.17) is 0 Å². The molecule has 0 rings (SSSR count). The summed E-state index contributed by atoms with van der Waals surface area (Å²) in [5, 5.41) is 0. The molecule has 2 nitrogen and oxygen atoms in total. The molecule has 0 saturated carbocycles. The second-order valence-corrected chi connectivity index (χ2v) is 14.4. The first-order chi connectivity index (χ1) is 18.5. The molecule has 0 aromatic heterocycles. The third-order valence-corrected chi connectivity index (χ3v) is 7.89. The fourth-order valence-electron chi connectivity index (χ4n) is 5.29. The molecule has 240 valence electrons. The van der Waals surface area contributed by atoms with Crippen molar-refractivity contribution < 1.29 is 39.0 Å². The van der Waals surface area contributed by atoms with Crippen LogP contribution in [0.5, 0.6) is 0 Å². The van der Waals surface area contributed by atoms with Crippen LogP contribution in [0, 0.1) is 0 Å². The van der Waals surface area contributed by atoms with Gasteiger partial charge >= 0.3 is 30.0 Å². The number of hydrogen-bond donors (Lipinski definition) is 0. The van der Waals surface area contributed by atoms with E-state index in [2.05, 4.69) is 55.4 Å². The average Bonchev–Trinajstić information content (AvgIpc) is 2.91. The van der Waals surface area contributed by atoms with E-state index in [0.29, 0.717) is 0 Å². The van der Waals surface area contributed by atoms with Crippen LogP contribution in [0.3, 0.4) is 0 Å². The molecule has 0 spiro atoms. The van der Waals surface area contributed by atoms with Crippen molar-refractivity contribution in [3.63, 3.8) is 0 Å². The number of quaternary nitrogens is 2. The van der Waals surface area contributed by atoms with E-state index < -0.39 is 16.8 Å². The van der Waals surface area contributed by atoms with Gasteiger partial charge in [0.15, 0.2) is 0 Å². The van der Waals surface area contributed by atoms with Crippen LogP contribution >= 0.6 is 0 Å². The number of rotatable bonds is 24. The number of hydrogen-bond acceptors (Lipinski definition) is 0. The van der Waals surface area contributed by atoms with E-state index in [1.807, 2.05) is 0 Å². The molecule has 0 aliphatic heterocycles. The van der Waals surface area contributed by atoms with Crippen molar-refractivity contribution >= 4 is 0 Å². The van der Waals surface area contributed by atoms with Crippen LogP contribution in [0.25, 0.3) is 0 Å². The molecule has 7 heteroatoms. The van der Waals surface area contributed by atoms with Crippen molar-refractivity contribution in [1.29, 1.82) is 0 Å². The monoisotopic (exact) mass is 624 g/mol. The SMILES string of the molecule is CCCC[N+](CCCC)(CCCC)CCCC.CCCC[N+](CCCC)(CCCC)CCCC.[F][Zn-2]([F])([F])[F]. The Kier molecular flexibility index (Phi) is 33.3. The molecule has 0 N–H and O–H groups in total. The predicted octanol–water partition coefficient (Wildman–Crippen LogP) is 11.7. The van der Waals surface area contributed by atoms with E-state index in [1.165, 1.54) is 164 Å². The van der Waals surface area contributed by atoms with Crippen molar-refractivity contribution in [3.8, 4) is 0 Å².